The van der Waals surface area contributed by atoms with Crippen LogP contribution in [-0.2, 0) is 11.2 Å². The number of hydrogen-bond acceptors (Lipinski definition) is 2. The van der Waals surface area contributed by atoms with Crippen molar-refractivity contribution >= 4 is 17.3 Å². The number of amides is 1. The highest BCUT2D eigenvalue weighted by Gasteiger charge is 2.16. The van der Waals surface area contributed by atoms with Gasteiger partial charge in [-0.3, -0.25) is 4.79 Å². The molecule has 3 nitrogen and oxygen atoms in total. The molecule has 110 valence electrons. The number of nitrogens with one attached hydrogen (secondary N) is 1. The minimum atomic E-state index is 0.126. The fraction of sp³-hybridized carbons (Fsp3) is 0.588. The average Bonchev–Trinajstić information content (AvgIpc) is 2.67. The Labute approximate surface area is 121 Å². The van der Waals surface area contributed by atoms with Crippen molar-refractivity contribution in [2.24, 2.45) is 5.92 Å². The highest BCUT2D eigenvalue weighted by atomic mass is 16.1. The van der Waals surface area contributed by atoms with E-state index in [-0.39, 0.29) is 5.91 Å². The zero-order chi connectivity index (χ0) is 14.4. The van der Waals surface area contributed by atoms with Gasteiger partial charge in [-0.2, -0.15) is 0 Å². The third-order valence-corrected chi connectivity index (χ3v) is 4.26. The summed E-state index contributed by atoms with van der Waals surface area (Å²) in [5, 5.41) is 2.98. The van der Waals surface area contributed by atoms with Crippen LogP contribution in [-0.4, -0.2) is 5.91 Å². The maximum Gasteiger partial charge on any atom is 0.224 e. The highest BCUT2D eigenvalue weighted by molar-refractivity contribution is 5.91. The van der Waals surface area contributed by atoms with Crippen LogP contribution in [0.3, 0.4) is 0 Å². The first kappa shape index (κ1) is 14.9. The zero-order valence-electron chi connectivity index (χ0n) is 12.5. The van der Waals surface area contributed by atoms with Crippen LogP contribution in [0.4, 0.5) is 11.4 Å². The predicted molar refractivity (Wildman–Crippen MR) is 84.7 cm³/mol. The quantitative estimate of drug-likeness (QED) is 0.640. The van der Waals surface area contributed by atoms with Crippen molar-refractivity contribution in [1.29, 1.82) is 0 Å². The molecule has 3 N–H and O–H groups in total. The van der Waals surface area contributed by atoms with E-state index in [0.717, 1.165) is 23.4 Å². The lowest BCUT2D eigenvalue weighted by molar-refractivity contribution is -0.117. The molecule has 1 saturated carbocycles. The van der Waals surface area contributed by atoms with Gasteiger partial charge >= 0.3 is 0 Å². The van der Waals surface area contributed by atoms with E-state index in [4.69, 9.17) is 5.73 Å². The van der Waals surface area contributed by atoms with E-state index in [2.05, 4.69) is 12.2 Å². The van der Waals surface area contributed by atoms with E-state index in [0.29, 0.717) is 12.3 Å². The van der Waals surface area contributed by atoms with E-state index < -0.39 is 0 Å². The Balaban J connectivity index is 1.88. The van der Waals surface area contributed by atoms with Gasteiger partial charge in [0.15, 0.2) is 0 Å². The van der Waals surface area contributed by atoms with Gasteiger partial charge in [-0.25, -0.2) is 0 Å². The van der Waals surface area contributed by atoms with Crippen LogP contribution in [0.15, 0.2) is 18.2 Å². The molecule has 3 heteroatoms. The Morgan fingerprint density at radius 1 is 1.25 bits per heavy atom. The Morgan fingerprint density at radius 2 is 1.95 bits per heavy atom. The average molecular weight is 274 g/mol. The SMILES string of the molecule is CCc1ccc(NC(=O)CC2CCCCCC2)cc1N. The summed E-state index contributed by atoms with van der Waals surface area (Å²) >= 11 is 0. The Hall–Kier alpha value is -1.51. The Morgan fingerprint density at radius 3 is 2.55 bits per heavy atom. The monoisotopic (exact) mass is 274 g/mol. The molecule has 0 aliphatic heterocycles. The second-order valence-electron chi connectivity index (χ2n) is 5.88. The Kier molecular flexibility index (Phi) is 5.45. The molecule has 0 spiro atoms. The largest absolute Gasteiger partial charge is 0.398 e. The minimum Gasteiger partial charge on any atom is -0.398 e. The molecule has 1 aromatic rings. The van der Waals surface area contributed by atoms with Crippen molar-refractivity contribution in [2.45, 2.75) is 58.3 Å². The first-order chi connectivity index (χ1) is 9.69. The van der Waals surface area contributed by atoms with Gasteiger partial charge in [0, 0.05) is 17.8 Å². The molecule has 1 aliphatic carbocycles. The summed E-state index contributed by atoms with van der Waals surface area (Å²) in [6, 6.07) is 5.81. The predicted octanol–water partition coefficient (Wildman–Crippen LogP) is 4.13. The lowest BCUT2D eigenvalue weighted by atomic mass is 9.96. The van der Waals surface area contributed by atoms with Crippen molar-refractivity contribution in [1.82, 2.24) is 0 Å². The maximum atomic E-state index is 12.1. The van der Waals surface area contributed by atoms with Crippen LogP contribution in [0, 0.1) is 5.92 Å². The first-order valence-electron chi connectivity index (χ1n) is 7.87. The van der Waals surface area contributed by atoms with Crippen LogP contribution in [0.5, 0.6) is 0 Å². The van der Waals surface area contributed by atoms with Gasteiger partial charge in [0.1, 0.15) is 0 Å². The van der Waals surface area contributed by atoms with E-state index in [9.17, 15) is 4.79 Å². The molecule has 0 aromatic heterocycles. The van der Waals surface area contributed by atoms with Crippen LogP contribution in [0.1, 0.15) is 57.4 Å². The molecular weight excluding hydrogens is 248 g/mol. The molecule has 0 heterocycles. The zero-order valence-corrected chi connectivity index (χ0v) is 12.5. The van der Waals surface area contributed by atoms with Gasteiger partial charge in [0.05, 0.1) is 0 Å². The third-order valence-electron chi connectivity index (χ3n) is 4.26. The fourth-order valence-corrected chi connectivity index (χ4v) is 3.04. The molecule has 0 unspecified atom stereocenters. The lowest BCUT2D eigenvalue weighted by Crippen LogP contribution is -2.16. The first-order valence-corrected chi connectivity index (χ1v) is 7.87. The van der Waals surface area contributed by atoms with Crippen LogP contribution >= 0.6 is 0 Å². The second kappa shape index (κ2) is 7.32. The third kappa shape index (κ3) is 4.26. The van der Waals surface area contributed by atoms with E-state index in [1.165, 1.54) is 38.5 Å². The van der Waals surface area contributed by atoms with Crippen molar-refractivity contribution in [3.05, 3.63) is 23.8 Å². The maximum absolute atomic E-state index is 12.1. The van der Waals surface area contributed by atoms with Gasteiger partial charge in [-0.1, -0.05) is 38.7 Å². The number of aryl methyl sites for hydroxylation is 1. The van der Waals surface area contributed by atoms with Gasteiger partial charge in [-0.05, 0) is 42.9 Å². The van der Waals surface area contributed by atoms with Crippen molar-refractivity contribution in [2.75, 3.05) is 11.1 Å². The number of nitrogen functional groups attached to an aromatic ring is 1. The smallest absolute Gasteiger partial charge is 0.224 e. The standard InChI is InChI=1S/C17H26N2O/c1-2-14-9-10-15(12-16(14)18)19-17(20)11-13-7-5-3-4-6-8-13/h9-10,12-13H,2-8,11,18H2,1H3,(H,19,20). The summed E-state index contributed by atoms with van der Waals surface area (Å²) in [5.41, 5.74) is 8.67. The van der Waals surface area contributed by atoms with E-state index >= 15 is 0 Å². The van der Waals surface area contributed by atoms with Crippen LogP contribution in [0.2, 0.25) is 0 Å². The topological polar surface area (TPSA) is 55.1 Å². The molecule has 0 bridgehead atoms. The number of anilines is 2. The molecule has 0 saturated heterocycles. The van der Waals surface area contributed by atoms with Crippen molar-refractivity contribution in [3.63, 3.8) is 0 Å². The van der Waals surface area contributed by atoms with Crippen molar-refractivity contribution in [3.8, 4) is 0 Å². The number of rotatable bonds is 4. The van der Waals surface area contributed by atoms with Gasteiger partial charge in [0.25, 0.3) is 0 Å². The fourth-order valence-electron chi connectivity index (χ4n) is 3.04. The molecule has 1 fully saturated rings. The summed E-state index contributed by atoms with van der Waals surface area (Å²) in [4.78, 5) is 12.1. The summed E-state index contributed by atoms with van der Waals surface area (Å²) in [6.07, 6.45) is 9.17. The van der Waals surface area contributed by atoms with Crippen molar-refractivity contribution < 1.29 is 4.79 Å². The number of hydrogen-bond donors (Lipinski definition) is 2. The second-order valence-corrected chi connectivity index (χ2v) is 5.88. The number of carbonyl (C=O) groups excluding carboxylic acids is 1. The number of benzene rings is 1. The number of nitrogens with two attached hydrogens (primary N) is 1. The molecule has 1 aliphatic rings. The minimum absolute atomic E-state index is 0.126. The van der Waals surface area contributed by atoms with Crippen LogP contribution in [0.25, 0.3) is 0 Å². The van der Waals surface area contributed by atoms with Crippen LogP contribution < -0.4 is 11.1 Å². The molecule has 2 rings (SSSR count). The van der Waals surface area contributed by atoms with E-state index in [1.807, 2.05) is 18.2 Å². The number of carbonyl (C=O) groups is 1. The van der Waals surface area contributed by atoms with Gasteiger partial charge < -0.3 is 11.1 Å². The molecule has 1 aromatic carbocycles. The molecule has 1 amide bonds. The summed E-state index contributed by atoms with van der Waals surface area (Å²) in [7, 11) is 0. The summed E-state index contributed by atoms with van der Waals surface area (Å²) in [5.74, 6) is 0.685. The normalized spacial score (nSPS) is 16.6. The molecule has 20 heavy (non-hydrogen) atoms. The Bertz CT molecular complexity index is 448. The molecule has 0 atom stereocenters. The summed E-state index contributed by atoms with van der Waals surface area (Å²) in [6.45, 7) is 2.08. The van der Waals surface area contributed by atoms with Gasteiger partial charge in [0.2, 0.25) is 5.91 Å². The lowest BCUT2D eigenvalue weighted by Gasteiger charge is -2.14. The van der Waals surface area contributed by atoms with Gasteiger partial charge in [-0.15, -0.1) is 0 Å². The molecule has 0 radical (unpaired) electrons. The summed E-state index contributed by atoms with van der Waals surface area (Å²) < 4.78 is 0. The molecular formula is C17H26N2O. The van der Waals surface area contributed by atoms with E-state index in [1.54, 1.807) is 0 Å². The highest BCUT2D eigenvalue weighted by Crippen LogP contribution is 2.26.